The van der Waals surface area contributed by atoms with E-state index in [4.69, 9.17) is 21.4 Å². The van der Waals surface area contributed by atoms with E-state index in [0.717, 1.165) is 11.4 Å². The number of amides is 1. The number of nitrogens with zero attached hydrogens (tertiary/aromatic N) is 2. The van der Waals surface area contributed by atoms with Crippen LogP contribution in [0, 0.1) is 5.82 Å². The van der Waals surface area contributed by atoms with Crippen LogP contribution in [0.5, 0.6) is 5.75 Å². The van der Waals surface area contributed by atoms with E-state index in [1.165, 1.54) is 6.07 Å². The van der Waals surface area contributed by atoms with Gasteiger partial charge >= 0.3 is 0 Å². The Morgan fingerprint density at radius 1 is 1.21 bits per heavy atom. The molecule has 2 N–H and O–H groups in total. The van der Waals surface area contributed by atoms with Crippen molar-refractivity contribution in [3.05, 3.63) is 94.7 Å². The van der Waals surface area contributed by atoms with Gasteiger partial charge in [0.15, 0.2) is 5.11 Å². The number of nitrogens with one attached hydrogen (secondary N) is 2. The molecule has 7 nitrogen and oxygen atoms in total. The van der Waals surface area contributed by atoms with Crippen molar-refractivity contribution in [1.29, 1.82) is 0 Å². The number of carbonyl (C=O) groups is 1. The summed E-state index contributed by atoms with van der Waals surface area (Å²) < 4.78 is 27.2. The highest BCUT2D eigenvalue weighted by Crippen LogP contribution is 2.44. The largest absolute Gasteiger partial charge is 0.494 e. The predicted molar refractivity (Wildman–Crippen MR) is 152 cm³/mol. The van der Waals surface area contributed by atoms with Crippen LogP contribution in [0.4, 0.5) is 15.8 Å². The number of methoxy groups -OCH3 is 1. The number of anilines is 2. The van der Waals surface area contributed by atoms with Gasteiger partial charge < -0.3 is 24.7 Å². The fourth-order valence-electron chi connectivity index (χ4n) is 4.44. The summed E-state index contributed by atoms with van der Waals surface area (Å²) in [6.07, 6.45) is 2.07. The van der Waals surface area contributed by atoms with Crippen molar-refractivity contribution in [2.75, 3.05) is 17.3 Å². The molecule has 1 fully saturated rings. The van der Waals surface area contributed by atoms with E-state index in [1.54, 1.807) is 44.5 Å². The molecule has 0 unspecified atom stereocenters. The number of hydrogen-bond donors (Lipinski definition) is 2. The van der Waals surface area contributed by atoms with Gasteiger partial charge in [0.1, 0.15) is 29.1 Å². The Bertz CT molecular complexity index is 1500. The molecule has 2 atom stereocenters. The normalized spacial score (nSPS) is 16.8. The second kappa shape index (κ2) is 10.9. The molecule has 0 bridgehead atoms. The number of halogens is 2. The summed E-state index contributed by atoms with van der Waals surface area (Å²) in [6.45, 7) is 1.78. The highest BCUT2D eigenvalue weighted by Gasteiger charge is 2.43. The van der Waals surface area contributed by atoms with Crippen LogP contribution < -0.4 is 20.3 Å². The average molecular weight is 595 g/mol. The molecular formula is C28H24BrFN4O3S. The lowest BCUT2D eigenvalue weighted by atomic mass is 10.0. The molecule has 0 spiro atoms. The van der Waals surface area contributed by atoms with Crippen LogP contribution in [0.2, 0.25) is 0 Å². The van der Waals surface area contributed by atoms with E-state index in [-0.39, 0.29) is 11.9 Å². The molecule has 2 aromatic carbocycles. The van der Waals surface area contributed by atoms with Gasteiger partial charge in [-0.3, -0.25) is 9.78 Å². The maximum atomic E-state index is 14.7. The van der Waals surface area contributed by atoms with Crippen molar-refractivity contribution >= 4 is 50.5 Å². The van der Waals surface area contributed by atoms with Crippen LogP contribution in [0.15, 0.2) is 81.8 Å². The first-order valence-corrected chi connectivity index (χ1v) is 13.1. The van der Waals surface area contributed by atoms with Gasteiger partial charge in [-0.05, 0) is 66.8 Å². The number of rotatable bonds is 7. The molecule has 1 amide bonds. The van der Waals surface area contributed by atoms with Gasteiger partial charge in [-0.2, -0.15) is 0 Å². The van der Waals surface area contributed by atoms with Crippen molar-refractivity contribution in [2.45, 2.75) is 25.4 Å². The molecular weight excluding hydrogens is 571 g/mol. The van der Waals surface area contributed by atoms with Crippen molar-refractivity contribution < 1.29 is 18.3 Å². The summed E-state index contributed by atoms with van der Waals surface area (Å²) in [5.74, 6) is 0.952. The number of pyridine rings is 1. The maximum Gasteiger partial charge on any atom is 0.224 e. The molecule has 3 heterocycles. The van der Waals surface area contributed by atoms with Crippen molar-refractivity contribution in [1.82, 2.24) is 10.3 Å². The first kappa shape index (κ1) is 25.9. The standard InChI is InChI=1S/C28H24BrFN4O3S/c1-3-25(35)32-20-10-8-17(15-24(20)36-2)34-27(26(33-28(34)38)21-6-4-5-13-31-21)23-12-11-22(37-23)18-9-7-16(29)14-19(18)30/h4-15,26-27H,3H2,1-2H3,(H,32,35)(H,33,38)/t26-,27+/m0/s1. The van der Waals surface area contributed by atoms with Gasteiger partial charge in [-0.15, -0.1) is 0 Å². The third kappa shape index (κ3) is 5.01. The molecule has 1 aliphatic heterocycles. The maximum absolute atomic E-state index is 14.7. The number of thiocarbonyl (C=S) groups is 1. The van der Waals surface area contributed by atoms with Gasteiger partial charge in [0.2, 0.25) is 5.91 Å². The Kier molecular flexibility index (Phi) is 7.44. The van der Waals surface area contributed by atoms with Gasteiger partial charge in [0.05, 0.1) is 30.1 Å². The number of furan rings is 1. The monoisotopic (exact) mass is 594 g/mol. The Hall–Kier alpha value is -3.76. The van der Waals surface area contributed by atoms with E-state index in [0.29, 0.717) is 44.5 Å². The van der Waals surface area contributed by atoms with E-state index in [2.05, 4.69) is 31.5 Å². The zero-order valence-electron chi connectivity index (χ0n) is 20.6. The fourth-order valence-corrected chi connectivity index (χ4v) is 5.12. The lowest BCUT2D eigenvalue weighted by molar-refractivity contribution is -0.115. The molecule has 0 radical (unpaired) electrons. The van der Waals surface area contributed by atoms with Gasteiger partial charge in [0, 0.05) is 28.8 Å². The van der Waals surface area contributed by atoms with E-state index >= 15 is 0 Å². The van der Waals surface area contributed by atoms with Crippen LogP contribution in [0.1, 0.15) is 36.9 Å². The Labute approximate surface area is 233 Å². The molecule has 1 saturated heterocycles. The van der Waals surface area contributed by atoms with E-state index in [9.17, 15) is 9.18 Å². The van der Waals surface area contributed by atoms with Crippen molar-refractivity contribution in [2.24, 2.45) is 0 Å². The number of carbonyl (C=O) groups excluding carboxylic acids is 1. The fraction of sp³-hybridized carbons (Fsp3) is 0.179. The highest BCUT2D eigenvalue weighted by molar-refractivity contribution is 9.10. The lowest BCUT2D eigenvalue weighted by Gasteiger charge is -2.27. The lowest BCUT2D eigenvalue weighted by Crippen LogP contribution is -2.29. The summed E-state index contributed by atoms with van der Waals surface area (Å²) in [4.78, 5) is 18.5. The summed E-state index contributed by atoms with van der Waals surface area (Å²) in [7, 11) is 1.54. The zero-order valence-corrected chi connectivity index (χ0v) is 23.0. The molecule has 38 heavy (non-hydrogen) atoms. The smallest absolute Gasteiger partial charge is 0.224 e. The summed E-state index contributed by atoms with van der Waals surface area (Å²) >= 11 is 9.08. The first-order chi connectivity index (χ1) is 18.4. The number of benzene rings is 2. The molecule has 194 valence electrons. The third-order valence-corrected chi connectivity index (χ3v) is 7.08. The first-order valence-electron chi connectivity index (χ1n) is 11.9. The Morgan fingerprint density at radius 2 is 2.05 bits per heavy atom. The van der Waals surface area contributed by atoms with Gasteiger partial charge in [-0.1, -0.05) is 28.9 Å². The molecule has 10 heteroatoms. The minimum atomic E-state index is -0.439. The minimum Gasteiger partial charge on any atom is -0.494 e. The molecule has 5 rings (SSSR count). The summed E-state index contributed by atoms with van der Waals surface area (Å²) in [6, 6.07) is 18.7. The second-order valence-corrected chi connectivity index (χ2v) is 9.91. The molecule has 1 aliphatic rings. The molecule has 0 saturated carbocycles. The number of aromatic nitrogens is 1. The van der Waals surface area contributed by atoms with Gasteiger partial charge in [-0.25, -0.2) is 4.39 Å². The summed E-state index contributed by atoms with van der Waals surface area (Å²) in [5.41, 5.74) is 2.41. The van der Waals surface area contributed by atoms with Crippen molar-refractivity contribution in [3.63, 3.8) is 0 Å². The third-order valence-electron chi connectivity index (χ3n) is 6.27. The van der Waals surface area contributed by atoms with Crippen LogP contribution in [0.3, 0.4) is 0 Å². The number of hydrogen-bond acceptors (Lipinski definition) is 5. The van der Waals surface area contributed by atoms with E-state index in [1.807, 2.05) is 41.3 Å². The van der Waals surface area contributed by atoms with Crippen LogP contribution in [-0.4, -0.2) is 23.1 Å². The quantitative estimate of drug-likeness (QED) is 0.228. The Morgan fingerprint density at radius 3 is 2.76 bits per heavy atom. The number of ether oxygens (including phenoxy) is 1. The van der Waals surface area contributed by atoms with Gasteiger partial charge in [0.25, 0.3) is 0 Å². The van der Waals surface area contributed by atoms with E-state index < -0.39 is 11.9 Å². The summed E-state index contributed by atoms with van der Waals surface area (Å²) in [5, 5.41) is 6.69. The zero-order chi connectivity index (χ0) is 26.8. The predicted octanol–water partition coefficient (Wildman–Crippen LogP) is 6.78. The molecule has 2 aromatic heterocycles. The molecule has 4 aromatic rings. The second-order valence-electron chi connectivity index (χ2n) is 8.61. The van der Waals surface area contributed by atoms with Crippen molar-refractivity contribution in [3.8, 4) is 17.1 Å². The topological polar surface area (TPSA) is 79.6 Å². The minimum absolute atomic E-state index is 0.120. The SMILES string of the molecule is CCC(=O)Nc1ccc(N2C(=S)N[C@@H](c3ccccn3)[C@H]2c2ccc(-c3ccc(Br)cc3F)o2)cc1OC. The van der Waals surface area contributed by atoms with Crippen LogP contribution in [-0.2, 0) is 4.79 Å². The molecule has 0 aliphatic carbocycles. The van der Waals surface area contributed by atoms with Crippen LogP contribution >= 0.6 is 28.1 Å². The Balaban J connectivity index is 1.58. The highest BCUT2D eigenvalue weighted by atomic mass is 79.9. The van der Waals surface area contributed by atoms with Crippen LogP contribution in [0.25, 0.3) is 11.3 Å². The average Bonchev–Trinajstić information content (AvgIpc) is 3.54.